The summed E-state index contributed by atoms with van der Waals surface area (Å²) in [6, 6.07) is 8.31. The summed E-state index contributed by atoms with van der Waals surface area (Å²) in [5.41, 5.74) is 5.01. The Hall–Kier alpha value is -1.61. The fourth-order valence-corrected chi connectivity index (χ4v) is 3.83. The molecular weight excluding hydrogens is 266 g/mol. The van der Waals surface area contributed by atoms with Gasteiger partial charge in [0.05, 0.1) is 4.88 Å². The molecule has 1 N–H and O–H groups in total. The molecule has 0 radical (unpaired) electrons. The van der Waals surface area contributed by atoms with Crippen LogP contribution >= 0.6 is 11.3 Å². The molecule has 0 saturated heterocycles. The fraction of sp³-hybridized carbons (Fsp3) is 0.353. The number of aryl methyl sites for hydroxylation is 4. The maximum Gasteiger partial charge on any atom is 0.265 e. The number of amides is 1. The van der Waals surface area contributed by atoms with Crippen LogP contribution in [0.15, 0.2) is 24.3 Å². The monoisotopic (exact) mass is 285 g/mol. The first kappa shape index (κ1) is 13.4. The Morgan fingerprint density at radius 2 is 2.05 bits per heavy atom. The smallest absolute Gasteiger partial charge is 0.265 e. The number of rotatable bonds is 3. The van der Waals surface area contributed by atoms with Crippen molar-refractivity contribution in [2.24, 2.45) is 0 Å². The summed E-state index contributed by atoms with van der Waals surface area (Å²) in [4.78, 5) is 14.3. The van der Waals surface area contributed by atoms with E-state index >= 15 is 0 Å². The highest BCUT2D eigenvalue weighted by Gasteiger charge is 2.14. The lowest BCUT2D eigenvalue weighted by Crippen LogP contribution is -2.10. The first-order valence-electron chi connectivity index (χ1n) is 7.20. The highest BCUT2D eigenvalue weighted by Crippen LogP contribution is 2.26. The predicted octanol–water partition coefficient (Wildman–Crippen LogP) is 4.36. The van der Waals surface area contributed by atoms with Crippen LogP contribution < -0.4 is 5.32 Å². The van der Waals surface area contributed by atoms with E-state index in [0.29, 0.717) is 0 Å². The molecule has 0 atom stereocenters. The molecule has 3 rings (SSSR count). The fourth-order valence-electron chi connectivity index (χ4n) is 2.83. The van der Waals surface area contributed by atoms with Crippen LogP contribution in [0.1, 0.15) is 44.6 Å². The van der Waals surface area contributed by atoms with Crippen molar-refractivity contribution in [1.82, 2.24) is 0 Å². The molecule has 1 amide bonds. The number of hydrogen-bond donors (Lipinski definition) is 1. The van der Waals surface area contributed by atoms with Crippen molar-refractivity contribution in [3.63, 3.8) is 0 Å². The number of fused-ring (bicyclic) bond motifs is 1. The molecule has 0 fully saturated rings. The summed E-state index contributed by atoms with van der Waals surface area (Å²) in [6.07, 6.45) is 4.52. The molecule has 1 aliphatic carbocycles. The van der Waals surface area contributed by atoms with Crippen molar-refractivity contribution in [2.75, 3.05) is 5.32 Å². The second-order valence-electron chi connectivity index (χ2n) is 5.34. The van der Waals surface area contributed by atoms with Gasteiger partial charge in [-0.1, -0.05) is 13.0 Å². The van der Waals surface area contributed by atoms with Gasteiger partial charge in [-0.25, -0.2) is 0 Å². The minimum Gasteiger partial charge on any atom is -0.321 e. The summed E-state index contributed by atoms with van der Waals surface area (Å²) < 4.78 is 0. The minimum absolute atomic E-state index is 0.00995. The van der Waals surface area contributed by atoms with Gasteiger partial charge in [0.1, 0.15) is 0 Å². The highest BCUT2D eigenvalue weighted by atomic mass is 32.1. The topological polar surface area (TPSA) is 29.1 Å². The van der Waals surface area contributed by atoms with Crippen molar-refractivity contribution in [2.45, 2.75) is 39.5 Å². The zero-order valence-electron chi connectivity index (χ0n) is 12.0. The number of benzene rings is 1. The van der Waals surface area contributed by atoms with Crippen LogP contribution in [0.3, 0.4) is 0 Å². The largest absolute Gasteiger partial charge is 0.321 e. The van der Waals surface area contributed by atoms with Crippen LogP contribution in [0.2, 0.25) is 0 Å². The summed E-state index contributed by atoms with van der Waals surface area (Å²) in [5.74, 6) is 0.00995. The van der Waals surface area contributed by atoms with E-state index in [9.17, 15) is 4.79 Å². The molecular formula is C17H19NOS. The van der Waals surface area contributed by atoms with Crippen LogP contribution in [0.5, 0.6) is 0 Å². The van der Waals surface area contributed by atoms with Gasteiger partial charge in [-0.2, -0.15) is 0 Å². The van der Waals surface area contributed by atoms with E-state index in [1.165, 1.54) is 34.4 Å². The van der Waals surface area contributed by atoms with Gasteiger partial charge in [0, 0.05) is 10.6 Å². The maximum atomic E-state index is 12.3. The number of thiophene rings is 1. The molecule has 2 aromatic rings. The lowest BCUT2D eigenvalue weighted by atomic mass is 10.1. The maximum absolute atomic E-state index is 12.3. The van der Waals surface area contributed by atoms with E-state index in [1.807, 2.05) is 12.1 Å². The van der Waals surface area contributed by atoms with Gasteiger partial charge in [-0.05, 0) is 67.5 Å². The minimum atomic E-state index is 0.00995. The Bertz CT molecular complexity index is 657. The van der Waals surface area contributed by atoms with Crippen molar-refractivity contribution in [1.29, 1.82) is 0 Å². The lowest BCUT2D eigenvalue weighted by Gasteiger charge is -2.06. The lowest BCUT2D eigenvalue weighted by molar-refractivity contribution is 0.103. The van der Waals surface area contributed by atoms with E-state index in [2.05, 4.69) is 31.3 Å². The SMILES string of the molecule is CCc1cc(C(=O)Nc2ccc3c(c2)CCC3)sc1C. The van der Waals surface area contributed by atoms with Crippen molar-refractivity contribution >= 4 is 22.9 Å². The standard InChI is InChI=1S/C17H19NOS/c1-3-12-10-16(20-11(12)2)17(19)18-15-8-7-13-5-4-6-14(13)9-15/h7-10H,3-6H2,1-2H3,(H,18,19). The Morgan fingerprint density at radius 3 is 2.80 bits per heavy atom. The molecule has 1 aromatic heterocycles. The average Bonchev–Trinajstić information content (AvgIpc) is 3.04. The van der Waals surface area contributed by atoms with Gasteiger partial charge in [0.15, 0.2) is 0 Å². The number of anilines is 1. The van der Waals surface area contributed by atoms with Crippen molar-refractivity contribution in [3.05, 3.63) is 50.7 Å². The third-order valence-corrected chi connectivity index (χ3v) is 5.07. The number of nitrogens with one attached hydrogen (secondary N) is 1. The van der Waals surface area contributed by atoms with Crippen molar-refractivity contribution < 1.29 is 4.79 Å². The molecule has 0 aliphatic heterocycles. The molecule has 104 valence electrons. The molecule has 0 spiro atoms. The Morgan fingerprint density at radius 1 is 1.25 bits per heavy atom. The Kier molecular flexibility index (Phi) is 3.62. The second-order valence-corrected chi connectivity index (χ2v) is 6.59. The van der Waals surface area contributed by atoms with Gasteiger partial charge in [-0.15, -0.1) is 11.3 Å². The average molecular weight is 285 g/mol. The summed E-state index contributed by atoms with van der Waals surface area (Å²) in [7, 11) is 0. The zero-order chi connectivity index (χ0) is 14.1. The Labute approximate surface area is 123 Å². The molecule has 3 heteroatoms. The highest BCUT2D eigenvalue weighted by molar-refractivity contribution is 7.14. The first-order valence-corrected chi connectivity index (χ1v) is 8.01. The van der Waals surface area contributed by atoms with Crippen LogP contribution in [0.4, 0.5) is 5.69 Å². The van der Waals surface area contributed by atoms with Crippen molar-refractivity contribution in [3.8, 4) is 0 Å². The van der Waals surface area contributed by atoms with Crippen LogP contribution in [0, 0.1) is 6.92 Å². The normalized spacial score (nSPS) is 13.3. The molecule has 20 heavy (non-hydrogen) atoms. The van der Waals surface area contributed by atoms with Gasteiger partial charge < -0.3 is 5.32 Å². The molecule has 1 aliphatic rings. The first-order chi connectivity index (χ1) is 9.67. The number of carbonyl (C=O) groups is 1. The van der Waals surface area contributed by atoms with E-state index < -0.39 is 0 Å². The second kappa shape index (κ2) is 5.41. The van der Waals surface area contributed by atoms with Gasteiger partial charge in [0.2, 0.25) is 0 Å². The van der Waals surface area contributed by atoms with E-state index in [4.69, 9.17) is 0 Å². The molecule has 1 heterocycles. The third-order valence-electron chi connectivity index (χ3n) is 3.98. The van der Waals surface area contributed by atoms with E-state index in [-0.39, 0.29) is 5.91 Å². The quantitative estimate of drug-likeness (QED) is 0.892. The zero-order valence-corrected chi connectivity index (χ0v) is 12.8. The summed E-state index contributed by atoms with van der Waals surface area (Å²) in [5, 5.41) is 3.02. The molecule has 1 aromatic carbocycles. The number of carbonyl (C=O) groups excluding carboxylic acids is 1. The summed E-state index contributed by atoms with van der Waals surface area (Å²) in [6.45, 7) is 4.20. The molecule has 0 bridgehead atoms. The van der Waals surface area contributed by atoms with Gasteiger partial charge in [0.25, 0.3) is 5.91 Å². The van der Waals surface area contributed by atoms with E-state index in [0.717, 1.165) is 23.4 Å². The van der Waals surface area contributed by atoms with Gasteiger partial charge in [-0.3, -0.25) is 4.79 Å². The summed E-state index contributed by atoms with van der Waals surface area (Å²) >= 11 is 1.58. The molecule has 0 unspecified atom stereocenters. The third kappa shape index (κ3) is 2.50. The predicted molar refractivity (Wildman–Crippen MR) is 84.9 cm³/mol. The van der Waals surface area contributed by atoms with Crippen LogP contribution in [-0.4, -0.2) is 5.91 Å². The van der Waals surface area contributed by atoms with E-state index in [1.54, 1.807) is 11.3 Å². The van der Waals surface area contributed by atoms with Crippen LogP contribution in [-0.2, 0) is 19.3 Å². The number of hydrogen-bond acceptors (Lipinski definition) is 2. The molecule has 2 nitrogen and oxygen atoms in total. The van der Waals surface area contributed by atoms with Crippen LogP contribution in [0.25, 0.3) is 0 Å². The Balaban J connectivity index is 1.78. The van der Waals surface area contributed by atoms with Gasteiger partial charge >= 0.3 is 0 Å². The molecule has 0 saturated carbocycles.